The Kier molecular flexibility index (Phi) is 31.1. The van der Waals surface area contributed by atoms with E-state index in [0.29, 0.717) is 26.4 Å². The summed E-state index contributed by atoms with van der Waals surface area (Å²) in [4.78, 5) is 12.6. The number of ether oxygens (including phenoxy) is 2. The molecule has 1 aliphatic rings. The summed E-state index contributed by atoms with van der Waals surface area (Å²) in [6.45, 7) is 10.1. The van der Waals surface area contributed by atoms with Crippen LogP contribution in [0.5, 0.6) is 0 Å². The van der Waals surface area contributed by atoms with Crippen LogP contribution in [0.3, 0.4) is 0 Å². The van der Waals surface area contributed by atoms with E-state index in [0.717, 1.165) is 26.1 Å². The molecule has 7 heteroatoms. The van der Waals surface area contributed by atoms with Gasteiger partial charge in [0.2, 0.25) is 0 Å². The molecular weight excluding hydrogens is 595 g/mol. The zero-order valence-corrected chi connectivity index (χ0v) is 32.0. The normalized spacial score (nSPS) is 14.9. The first-order chi connectivity index (χ1) is 22.5. The molecule has 0 radical (unpaired) electrons. The fraction of sp³-hybridized carbons (Fsp3) is 1.00. The molecule has 0 aromatic rings. The minimum Gasteiger partial charge on any atom is -0.606 e. The van der Waals surface area contributed by atoms with Crippen molar-refractivity contribution in [2.24, 2.45) is 5.41 Å². The maximum atomic E-state index is 12.6. The molecule has 0 bridgehead atoms. The third kappa shape index (κ3) is 28.1. The molecule has 0 spiro atoms. The van der Waals surface area contributed by atoms with Crippen LogP contribution >= 0.6 is 8.17 Å². The molecular formula is C39H79O6P. The second kappa shape index (κ2) is 32.4. The van der Waals surface area contributed by atoms with E-state index in [1.165, 1.54) is 167 Å². The Morgan fingerprint density at radius 3 is 1.04 bits per heavy atom. The molecule has 46 heavy (non-hydrogen) atoms. The summed E-state index contributed by atoms with van der Waals surface area (Å²) in [6, 6.07) is 0. The Bertz CT molecular complexity index is 579. The lowest BCUT2D eigenvalue weighted by atomic mass is 9.94. The fourth-order valence-electron chi connectivity index (χ4n) is 6.20. The Morgan fingerprint density at radius 2 is 0.739 bits per heavy atom. The molecule has 6 nitrogen and oxygen atoms in total. The van der Waals surface area contributed by atoms with Gasteiger partial charge in [-0.1, -0.05) is 188 Å². The van der Waals surface area contributed by atoms with Gasteiger partial charge in [-0.15, -0.1) is 0 Å². The van der Waals surface area contributed by atoms with Crippen molar-refractivity contribution in [2.75, 3.05) is 46.2 Å². The van der Waals surface area contributed by atoms with E-state index in [9.17, 15) is 4.89 Å². The van der Waals surface area contributed by atoms with Crippen LogP contribution in [-0.2, 0) is 23.0 Å². The highest BCUT2D eigenvalue weighted by molar-refractivity contribution is 7.54. The van der Waals surface area contributed by atoms with Crippen molar-refractivity contribution < 1.29 is 27.9 Å². The highest BCUT2D eigenvalue weighted by Crippen LogP contribution is 2.57. The first kappa shape index (κ1) is 44.2. The first-order valence-electron chi connectivity index (χ1n) is 20.2. The van der Waals surface area contributed by atoms with Crippen LogP contribution in [0.25, 0.3) is 0 Å². The predicted molar refractivity (Wildman–Crippen MR) is 195 cm³/mol. The van der Waals surface area contributed by atoms with E-state index in [1.54, 1.807) is 0 Å². The summed E-state index contributed by atoms with van der Waals surface area (Å²) < 4.78 is 28.3. The third-order valence-corrected chi connectivity index (χ3v) is 10.8. The summed E-state index contributed by atoms with van der Waals surface area (Å²) in [5, 5.41) is 0. The molecule has 0 unspecified atom stereocenters. The number of rotatable bonds is 37. The van der Waals surface area contributed by atoms with Crippen molar-refractivity contribution in [3.05, 3.63) is 0 Å². The Hall–Kier alpha value is 0.190. The van der Waals surface area contributed by atoms with Crippen molar-refractivity contribution in [2.45, 2.75) is 201 Å². The molecule has 1 heterocycles. The fourth-order valence-corrected chi connectivity index (χ4v) is 7.49. The lowest BCUT2D eigenvalue weighted by Crippen LogP contribution is -2.35. The van der Waals surface area contributed by atoms with E-state index in [1.807, 2.05) is 0 Å². The quantitative estimate of drug-likeness (QED) is 0.0482. The van der Waals surface area contributed by atoms with Gasteiger partial charge in [0.25, 0.3) is 0 Å². The van der Waals surface area contributed by atoms with Crippen LogP contribution in [0.1, 0.15) is 201 Å². The molecule has 0 saturated carbocycles. The summed E-state index contributed by atoms with van der Waals surface area (Å²) >= 11 is 0. The van der Waals surface area contributed by atoms with E-state index < -0.39 is 13.6 Å². The first-order valence-corrected chi connectivity index (χ1v) is 21.7. The summed E-state index contributed by atoms with van der Waals surface area (Å²) in [5.41, 5.74) is -0.390. The second-order valence-electron chi connectivity index (χ2n) is 14.5. The maximum Gasteiger partial charge on any atom is 0.379 e. The molecule has 0 atom stereocenters. The van der Waals surface area contributed by atoms with Crippen LogP contribution in [-0.4, -0.2) is 46.2 Å². The lowest BCUT2D eigenvalue weighted by Gasteiger charge is -2.30. The lowest BCUT2D eigenvalue weighted by molar-refractivity contribution is -0.240. The summed E-state index contributed by atoms with van der Waals surface area (Å²) in [7, 11) is -3.43. The van der Waals surface area contributed by atoms with Gasteiger partial charge in [-0.25, -0.2) is 0 Å². The van der Waals surface area contributed by atoms with Gasteiger partial charge < -0.3 is 14.4 Å². The number of unbranched alkanes of at least 4 members (excludes halogenated alkanes) is 26. The molecule has 1 aliphatic heterocycles. The molecule has 0 amide bonds. The van der Waals surface area contributed by atoms with Crippen LogP contribution in [0, 0.1) is 5.41 Å². The van der Waals surface area contributed by atoms with Crippen LogP contribution in [0.2, 0.25) is 0 Å². The van der Waals surface area contributed by atoms with Crippen LogP contribution < -0.4 is 4.89 Å². The molecule has 276 valence electrons. The smallest absolute Gasteiger partial charge is 0.379 e. The van der Waals surface area contributed by atoms with Gasteiger partial charge in [-0.2, -0.15) is 13.6 Å². The summed E-state index contributed by atoms with van der Waals surface area (Å²) in [5.74, 6) is 0. The zero-order valence-electron chi connectivity index (χ0n) is 31.1. The molecule has 0 aliphatic carbocycles. The third-order valence-electron chi connectivity index (χ3n) is 9.34. The monoisotopic (exact) mass is 675 g/mol. The zero-order chi connectivity index (χ0) is 33.3. The number of hydrogen-bond donors (Lipinski definition) is 0. The average Bonchev–Trinajstić information content (AvgIpc) is 3.50. The highest BCUT2D eigenvalue weighted by Gasteiger charge is 2.41. The van der Waals surface area contributed by atoms with Gasteiger partial charge in [0.05, 0.1) is 13.2 Å². The van der Waals surface area contributed by atoms with Crippen molar-refractivity contribution in [3.63, 3.8) is 0 Å². The standard InChI is InChI=1S/C39H79O6P/c1-4-6-8-10-12-14-16-18-20-22-24-26-28-30-32-41-36-39(3,38-45-46(40)43-34-35-44-46)37-42-33-31-29-27-25-23-21-19-17-15-13-11-9-7-5-2/h4-38H2,1-3H3. The molecule has 1 rings (SSSR count). The van der Waals surface area contributed by atoms with Crippen molar-refractivity contribution in [3.8, 4) is 0 Å². The van der Waals surface area contributed by atoms with E-state index >= 15 is 0 Å². The Morgan fingerprint density at radius 1 is 0.457 bits per heavy atom. The minimum atomic E-state index is -3.43. The molecule has 0 N–H and O–H groups in total. The second-order valence-corrected chi connectivity index (χ2v) is 16.2. The van der Waals surface area contributed by atoms with Gasteiger partial charge in [-0.05, 0) is 12.8 Å². The Labute approximate surface area is 287 Å². The van der Waals surface area contributed by atoms with Crippen LogP contribution in [0.4, 0.5) is 0 Å². The van der Waals surface area contributed by atoms with Crippen molar-refractivity contribution in [1.29, 1.82) is 0 Å². The van der Waals surface area contributed by atoms with E-state index in [2.05, 4.69) is 20.8 Å². The van der Waals surface area contributed by atoms with Crippen LogP contribution in [0.15, 0.2) is 0 Å². The largest absolute Gasteiger partial charge is 0.606 e. The SMILES string of the molecule is CCCCCCCCCCCCCCCCOCC(C)(COCCCCCCCCCCCCCCCC)CO[P+]1([O-])OCCO1. The Balaban J connectivity index is 2.07. The highest BCUT2D eigenvalue weighted by atomic mass is 31.2. The topological polar surface area (TPSA) is 69.2 Å². The van der Waals surface area contributed by atoms with Crippen molar-refractivity contribution in [1.82, 2.24) is 0 Å². The van der Waals surface area contributed by atoms with Gasteiger partial charge in [0.1, 0.15) is 19.8 Å². The van der Waals surface area contributed by atoms with Gasteiger partial charge in [-0.3, -0.25) is 0 Å². The van der Waals surface area contributed by atoms with E-state index in [-0.39, 0.29) is 6.61 Å². The average molecular weight is 675 g/mol. The van der Waals surface area contributed by atoms with Crippen molar-refractivity contribution >= 4 is 8.17 Å². The summed E-state index contributed by atoms with van der Waals surface area (Å²) in [6.07, 6.45) is 37.9. The van der Waals surface area contributed by atoms with E-state index in [4.69, 9.17) is 23.0 Å². The van der Waals surface area contributed by atoms with Gasteiger partial charge >= 0.3 is 8.17 Å². The molecule has 1 fully saturated rings. The number of phosphoric ester groups is 1. The minimum absolute atomic E-state index is 0.238. The number of hydrogen-bond acceptors (Lipinski definition) is 6. The molecule has 0 aromatic carbocycles. The van der Waals surface area contributed by atoms with Gasteiger partial charge in [0.15, 0.2) is 0 Å². The van der Waals surface area contributed by atoms with Gasteiger partial charge in [0, 0.05) is 18.6 Å². The predicted octanol–water partition coefficient (Wildman–Crippen LogP) is 12.1. The maximum absolute atomic E-state index is 12.6. The molecule has 1 saturated heterocycles. The molecule has 0 aromatic heterocycles. The number of phosphoric acid groups is 1.